The molecule has 1 aromatic carbocycles. The summed E-state index contributed by atoms with van der Waals surface area (Å²) in [6.07, 6.45) is 7.64. The number of allylic oxidation sites excluding steroid dienone is 1. The molecular formula is C19H24N2OS. The summed E-state index contributed by atoms with van der Waals surface area (Å²) in [5, 5.41) is 3.60. The van der Waals surface area contributed by atoms with Crippen LogP contribution in [0, 0.1) is 0 Å². The summed E-state index contributed by atoms with van der Waals surface area (Å²) in [6, 6.07) is 10.7. The maximum Gasteiger partial charge on any atom is 0.126 e. The van der Waals surface area contributed by atoms with Gasteiger partial charge < -0.3 is 15.0 Å². The number of hydrogen-bond donors (Lipinski definition) is 1. The zero-order valence-electron chi connectivity index (χ0n) is 13.5. The number of rotatable bonds is 3. The Hall–Kier alpha value is -1.39. The molecule has 0 saturated carbocycles. The summed E-state index contributed by atoms with van der Waals surface area (Å²) in [7, 11) is 0. The molecule has 2 aliphatic heterocycles. The second-order valence-electron chi connectivity index (χ2n) is 6.71. The summed E-state index contributed by atoms with van der Waals surface area (Å²) >= 11 is 5.69. The summed E-state index contributed by atoms with van der Waals surface area (Å²) in [4.78, 5) is 3.49. The van der Waals surface area contributed by atoms with Crippen molar-refractivity contribution in [2.75, 3.05) is 13.2 Å². The van der Waals surface area contributed by atoms with Gasteiger partial charge in [0.05, 0.1) is 6.10 Å². The summed E-state index contributed by atoms with van der Waals surface area (Å²) < 4.78 is 5.92. The van der Waals surface area contributed by atoms with Gasteiger partial charge in [-0.2, -0.15) is 0 Å². The van der Waals surface area contributed by atoms with Gasteiger partial charge in [-0.25, -0.2) is 0 Å². The van der Waals surface area contributed by atoms with E-state index in [4.69, 9.17) is 17.0 Å². The maximum absolute atomic E-state index is 5.92. The molecule has 0 amide bonds. The van der Waals surface area contributed by atoms with Gasteiger partial charge in [0.15, 0.2) is 0 Å². The second-order valence-corrected chi connectivity index (χ2v) is 7.11. The SMILES string of the molecule is S=C1N[C@@H](c2ccccc2)N(C[C@H]2CCCO2)C2=C1CCCC2. The molecule has 4 heteroatoms. The van der Waals surface area contributed by atoms with Crippen LogP contribution in [0.3, 0.4) is 0 Å². The molecule has 1 saturated heterocycles. The van der Waals surface area contributed by atoms with Crippen molar-refractivity contribution in [3.63, 3.8) is 0 Å². The first-order valence-corrected chi connectivity index (χ1v) is 9.20. The van der Waals surface area contributed by atoms with Crippen molar-refractivity contribution in [2.45, 2.75) is 50.8 Å². The van der Waals surface area contributed by atoms with Crippen molar-refractivity contribution in [1.29, 1.82) is 0 Å². The Labute approximate surface area is 143 Å². The van der Waals surface area contributed by atoms with Gasteiger partial charge >= 0.3 is 0 Å². The fraction of sp³-hybridized carbons (Fsp3) is 0.526. The normalized spacial score (nSPS) is 27.8. The van der Waals surface area contributed by atoms with Crippen molar-refractivity contribution in [3.05, 3.63) is 47.2 Å². The lowest BCUT2D eigenvalue weighted by molar-refractivity contribution is 0.0640. The number of nitrogens with one attached hydrogen (secondary N) is 1. The minimum Gasteiger partial charge on any atom is -0.376 e. The van der Waals surface area contributed by atoms with Crippen molar-refractivity contribution in [3.8, 4) is 0 Å². The van der Waals surface area contributed by atoms with Gasteiger partial charge in [-0.1, -0.05) is 42.5 Å². The molecule has 0 radical (unpaired) electrons. The summed E-state index contributed by atoms with van der Waals surface area (Å²) in [5.74, 6) is 0. The van der Waals surface area contributed by atoms with E-state index in [9.17, 15) is 0 Å². The molecule has 0 aromatic heterocycles. The van der Waals surface area contributed by atoms with Crippen LogP contribution in [0.15, 0.2) is 41.6 Å². The topological polar surface area (TPSA) is 24.5 Å². The molecule has 1 fully saturated rings. The Bertz CT molecular complexity index is 607. The molecule has 0 unspecified atom stereocenters. The number of thiocarbonyl (C=S) groups is 1. The summed E-state index contributed by atoms with van der Waals surface area (Å²) in [5.41, 5.74) is 4.12. The second kappa shape index (κ2) is 6.62. The lowest BCUT2D eigenvalue weighted by atomic mass is 9.91. The van der Waals surface area contributed by atoms with E-state index < -0.39 is 0 Å². The highest BCUT2D eigenvalue weighted by Gasteiger charge is 2.34. The molecule has 2 atom stereocenters. The highest BCUT2D eigenvalue weighted by molar-refractivity contribution is 7.80. The van der Waals surface area contributed by atoms with E-state index in [1.807, 2.05) is 0 Å². The third-order valence-corrected chi connectivity index (χ3v) is 5.54. The first-order chi connectivity index (χ1) is 11.3. The Kier molecular flexibility index (Phi) is 4.36. The molecule has 3 nitrogen and oxygen atoms in total. The molecule has 1 aliphatic carbocycles. The van der Waals surface area contributed by atoms with E-state index in [1.54, 1.807) is 0 Å². The molecule has 1 N–H and O–H groups in total. The van der Waals surface area contributed by atoms with Gasteiger partial charge in [0, 0.05) is 24.4 Å². The molecule has 4 rings (SSSR count). The Morgan fingerprint density at radius 1 is 1.13 bits per heavy atom. The van der Waals surface area contributed by atoms with Gasteiger partial charge in [0.25, 0.3) is 0 Å². The van der Waals surface area contributed by atoms with Crippen LogP contribution >= 0.6 is 12.2 Å². The quantitative estimate of drug-likeness (QED) is 0.850. The predicted molar refractivity (Wildman–Crippen MR) is 96.1 cm³/mol. The van der Waals surface area contributed by atoms with E-state index in [1.165, 1.54) is 42.5 Å². The smallest absolute Gasteiger partial charge is 0.126 e. The van der Waals surface area contributed by atoms with E-state index in [0.717, 1.165) is 31.0 Å². The standard InChI is InChI=1S/C19H24N2OS/c23-19-16-10-4-5-11-17(16)21(13-15-9-6-12-22-15)18(20-19)14-7-2-1-3-8-14/h1-3,7-8,15,18H,4-6,9-13H2,(H,20,23)/t15-,18-/m1/s1. The average molecular weight is 328 g/mol. The molecule has 3 aliphatic rings. The molecular weight excluding hydrogens is 304 g/mol. The number of ether oxygens (including phenoxy) is 1. The van der Waals surface area contributed by atoms with Gasteiger partial charge in [-0.15, -0.1) is 0 Å². The predicted octanol–water partition coefficient (Wildman–Crippen LogP) is 3.92. The van der Waals surface area contributed by atoms with E-state index in [0.29, 0.717) is 6.10 Å². The molecule has 122 valence electrons. The van der Waals surface area contributed by atoms with E-state index in [-0.39, 0.29) is 6.17 Å². The number of hydrogen-bond acceptors (Lipinski definition) is 3. The maximum atomic E-state index is 5.92. The number of benzene rings is 1. The van der Waals surface area contributed by atoms with Crippen LogP contribution in [0.5, 0.6) is 0 Å². The minimum absolute atomic E-state index is 0.143. The molecule has 1 aromatic rings. The largest absolute Gasteiger partial charge is 0.376 e. The fourth-order valence-corrected chi connectivity index (χ4v) is 4.35. The van der Waals surface area contributed by atoms with Gasteiger partial charge in [0.1, 0.15) is 11.2 Å². The number of nitrogens with zero attached hydrogens (tertiary/aromatic N) is 1. The lowest BCUT2D eigenvalue weighted by Crippen LogP contribution is -2.49. The van der Waals surface area contributed by atoms with Crippen LogP contribution in [0.25, 0.3) is 0 Å². The third-order valence-electron chi connectivity index (χ3n) is 5.18. The molecule has 0 bridgehead atoms. The monoisotopic (exact) mass is 328 g/mol. The minimum atomic E-state index is 0.143. The third kappa shape index (κ3) is 3.02. The molecule has 23 heavy (non-hydrogen) atoms. The highest BCUT2D eigenvalue weighted by atomic mass is 32.1. The zero-order chi connectivity index (χ0) is 15.6. The average Bonchev–Trinajstić information content (AvgIpc) is 3.11. The fourth-order valence-electron chi connectivity index (χ4n) is 4.02. The van der Waals surface area contributed by atoms with Crippen molar-refractivity contribution >= 4 is 17.2 Å². The first-order valence-electron chi connectivity index (χ1n) is 8.79. The highest BCUT2D eigenvalue weighted by Crippen LogP contribution is 2.37. The van der Waals surface area contributed by atoms with Crippen LogP contribution in [0.4, 0.5) is 0 Å². The van der Waals surface area contributed by atoms with Gasteiger partial charge in [-0.3, -0.25) is 0 Å². The molecule has 0 spiro atoms. The summed E-state index contributed by atoms with van der Waals surface area (Å²) in [6.45, 7) is 1.88. The Morgan fingerprint density at radius 3 is 2.74 bits per heavy atom. The molecule has 2 heterocycles. The van der Waals surface area contributed by atoms with Crippen LogP contribution in [0.2, 0.25) is 0 Å². The Balaban J connectivity index is 1.69. The Morgan fingerprint density at radius 2 is 1.96 bits per heavy atom. The zero-order valence-corrected chi connectivity index (χ0v) is 14.3. The van der Waals surface area contributed by atoms with E-state index in [2.05, 4.69) is 40.5 Å². The van der Waals surface area contributed by atoms with Crippen LogP contribution in [-0.4, -0.2) is 29.1 Å². The van der Waals surface area contributed by atoms with Crippen molar-refractivity contribution in [2.24, 2.45) is 0 Å². The first kappa shape index (κ1) is 15.2. The lowest BCUT2D eigenvalue weighted by Gasteiger charge is -2.44. The van der Waals surface area contributed by atoms with Crippen LogP contribution < -0.4 is 5.32 Å². The van der Waals surface area contributed by atoms with Gasteiger partial charge in [0.2, 0.25) is 0 Å². The van der Waals surface area contributed by atoms with Gasteiger partial charge in [-0.05, 0) is 44.1 Å². The van der Waals surface area contributed by atoms with Crippen LogP contribution in [-0.2, 0) is 4.74 Å². The van der Waals surface area contributed by atoms with Crippen molar-refractivity contribution in [1.82, 2.24) is 10.2 Å². The van der Waals surface area contributed by atoms with E-state index >= 15 is 0 Å². The van der Waals surface area contributed by atoms with Crippen molar-refractivity contribution < 1.29 is 4.74 Å². The van der Waals surface area contributed by atoms with Crippen LogP contribution in [0.1, 0.15) is 50.3 Å².